The molecule has 0 saturated carbocycles. The van der Waals surface area contributed by atoms with Crippen LogP contribution in [-0.4, -0.2) is 16.5 Å². The predicted octanol–water partition coefficient (Wildman–Crippen LogP) is 5.44. The predicted molar refractivity (Wildman–Crippen MR) is 90.9 cm³/mol. The van der Waals surface area contributed by atoms with Crippen molar-refractivity contribution < 1.29 is 9.53 Å². The van der Waals surface area contributed by atoms with Crippen LogP contribution in [0.25, 0.3) is 5.32 Å². The average Bonchev–Trinajstić information content (AvgIpc) is 2.81. The zero-order chi connectivity index (χ0) is 16.3. The van der Waals surface area contributed by atoms with Crippen LogP contribution in [0.15, 0.2) is 51.3 Å². The maximum absolute atomic E-state index is 11.7. The normalized spacial score (nSPS) is 21.2. The minimum atomic E-state index is -0.446. The summed E-state index contributed by atoms with van der Waals surface area (Å²) in [5, 5.41) is 4.06. The molecule has 0 aromatic carbocycles. The number of amides is 1. The van der Waals surface area contributed by atoms with E-state index in [-0.39, 0.29) is 0 Å². The number of aliphatic imine (C=N–C) groups is 1. The highest BCUT2D eigenvalue weighted by atomic mass is 16.6. The molecule has 0 spiro atoms. The Morgan fingerprint density at radius 2 is 2.09 bits per heavy atom. The van der Waals surface area contributed by atoms with Gasteiger partial charge in [0.25, 0.3) is 0 Å². The lowest BCUT2D eigenvalue weighted by atomic mass is 9.98. The van der Waals surface area contributed by atoms with Gasteiger partial charge in [0.05, 0.1) is 5.70 Å². The summed E-state index contributed by atoms with van der Waals surface area (Å²) in [5.74, 6) is 0. The van der Waals surface area contributed by atoms with Crippen molar-refractivity contribution in [2.45, 2.75) is 47.5 Å². The van der Waals surface area contributed by atoms with Gasteiger partial charge in [-0.25, -0.2) is 0 Å². The van der Waals surface area contributed by atoms with Gasteiger partial charge in [-0.3, -0.25) is 4.99 Å². The summed E-state index contributed by atoms with van der Waals surface area (Å²) in [6.07, 6.45) is 8.18. The quantitative estimate of drug-likeness (QED) is 0.505. The molecule has 0 unspecified atom stereocenters. The van der Waals surface area contributed by atoms with E-state index in [0.717, 1.165) is 29.8 Å². The lowest BCUT2D eigenvalue weighted by molar-refractivity contribution is 0.0705. The molecule has 0 fully saturated rings. The van der Waals surface area contributed by atoms with Crippen molar-refractivity contribution in [3.05, 3.63) is 57.8 Å². The smallest absolute Gasteiger partial charge is 0.433 e. The molecule has 0 aromatic heterocycles. The van der Waals surface area contributed by atoms with E-state index in [9.17, 15) is 4.79 Å². The summed E-state index contributed by atoms with van der Waals surface area (Å²) in [5.41, 5.74) is 6.25. The van der Waals surface area contributed by atoms with Crippen molar-refractivity contribution in [2.75, 3.05) is 0 Å². The van der Waals surface area contributed by atoms with Gasteiger partial charge in [-0.15, -0.1) is 19.5 Å². The maximum Gasteiger partial charge on any atom is 0.433 e. The Hall–Kier alpha value is -2.10. The van der Waals surface area contributed by atoms with Crippen molar-refractivity contribution in [3.8, 4) is 0 Å². The first-order valence-electron chi connectivity index (χ1n) is 7.56. The maximum atomic E-state index is 11.7. The highest BCUT2D eigenvalue weighted by Gasteiger charge is 2.14. The second-order valence-electron chi connectivity index (χ2n) is 5.71. The summed E-state index contributed by atoms with van der Waals surface area (Å²) >= 11 is 0. The molecule has 4 nitrogen and oxygen atoms in total. The molecule has 22 heavy (non-hydrogen) atoms. The molecule has 1 amide bonds. The van der Waals surface area contributed by atoms with Crippen LogP contribution >= 0.6 is 0 Å². The van der Waals surface area contributed by atoms with E-state index in [0.29, 0.717) is 11.8 Å². The fourth-order valence-corrected chi connectivity index (χ4v) is 2.47. The summed E-state index contributed by atoms with van der Waals surface area (Å²) in [6, 6.07) is 0. The van der Waals surface area contributed by atoms with Gasteiger partial charge in [0.15, 0.2) is 0 Å². The number of carbonyl (C=O) groups is 1. The van der Waals surface area contributed by atoms with Crippen molar-refractivity contribution in [3.63, 3.8) is 0 Å². The van der Waals surface area contributed by atoms with Gasteiger partial charge in [0.1, 0.15) is 0 Å². The number of aliphatic hydroxyl groups is 1. The summed E-state index contributed by atoms with van der Waals surface area (Å²) in [4.78, 5) is 16.3. The fourth-order valence-electron chi connectivity index (χ4n) is 2.47. The number of ether oxygens (including phenoxy) is 1. The molecule has 0 aromatic rings. The number of hydrogen-bond donors (Lipinski definition) is 0. The first kappa shape index (κ1) is 16.3. The van der Waals surface area contributed by atoms with Crippen molar-refractivity contribution in [2.24, 2.45) is 4.99 Å². The molecule has 0 atom stereocenters. The number of hydrogen-bond acceptors (Lipinski definition) is 2. The molecule has 4 heteroatoms. The van der Waals surface area contributed by atoms with E-state index in [1.807, 2.05) is 19.9 Å². The molecule has 0 bridgehead atoms. The molecule has 1 aliphatic heterocycles. The summed E-state index contributed by atoms with van der Waals surface area (Å²) < 4.78 is 3.83. The minimum Gasteiger partial charge on any atom is -0.702 e. The van der Waals surface area contributed by atoms with Gasteiger partial charge in [0, 0.05) is 10.5 Å². The molecule has 1 N–H and O–H groups in total. The van der Waals surface area contributed by atoms with Crippen molar-refractivity contribution in [1.29, 1.82) is 0 Å². The molecular weight excluding hydrogens is 276 g/mol. The number of nitrogens with zero attached hydrogens (tertiary/aromatic N) is 2. The first-order valence-corrected chi connectivity index (χ1v) is 7.56. The highest BCUT2D eigenvalue weighted by molar-refractivity contribution is 6.02. The molecule has 118 valence electrons. The molecule has 1 aliphatic carbocycles. The third-order valence-corrected chi connectivity index (χ3v) is 3.62. The largest absolute Gasteiger partial charge is 0.702 e. The van der Waals surface area contributed by atoms with Crippen LogP contribution in [0.3, 0.4) is 0 Å². The average molecular weight is 299 g/mol. The molecule has 0 saturated heterocycles. The first-order chi connectivity index (χ1) is 10.4. The number of rotatable bonds is 3. The van der Waals surface area contributed by atoms with Gasteiger partial charge in [-0.1, -0.05) is 30.8 Å². The summed E-state index contributed by atoms with van der Waals surface area (Å²) in [7, 11) is 0. The monoisotopic (exact) mass is 299 g/mol. The van der Waals surface area contributed by atoms with E-state index in [2.05, 4.69) is 34.1 Å². The lowest BCUT2D eigenvalue weighted by Crippen LogP contribution is -2.10. The SMILES string of the molecule is CCC1=CC(=C2C=C(C)C([N-]C(=O)[OH+][C-](C)C)=CC2)N=C1C. The topological polar surface area (TPSA) is 56.3 Å². The summed E-state index contributed by atoms with van der Waals surface area (Å²) in [6.45, 7) is 9.71. The number of allylic oxidation sites excluding steroid dienone is 6. The van der Waals surface area contributed by atoms with Gasteiger partial charge >= 0.3 is 6.09 Å². The Bertz CT molecular complexity index is 631. The van der Waals surface area contributed by atoms with Crippen LogP contribution < -0.4 is 0 Å². The molecule has 1 heterocycles. The van der Waals surface area contributed by atoms with Crippen LogP contribution in [0.1, 0.15) is 47.5 Å². The Morgan fingerprint density at radius 1 is 1.36 bits per heavy atom. The fraction of sp³-hybridized carbons (Fsp3) is 0.389. The molecular formula is C18H23N2O2-. The van der Waals surface area contributed by atoms with E-state index in [4.69, 9.17) is 0 Å². The van der Waals surface area contributed by atoms with Crippen LogP contribution in [0, 0.1) is 6.10 Å². The minimum absolute atomic E-state index is 0.446. The van der Waals surface area contributed by atoms with Gasteiger partial charge in [0.2, 0.25) is 0 Å². The zero-order valence-corrected chi connectivity index (χ0v) is 13.9. The third-order valence-electron chi connectivity index (χ3n) is 3.62. The van der Waals surface area contributed by atoms with Crippen molar-refractivity contribution in [1.82, 2.24) is 0 Å². The molecule has 2 aliphatic rings. The Morgan fingerprint density at radius 3 is 2.64 bits per heavy atom. The Balaban J connectivity index is 2.13. The van der Waals surface area contributed by atoms with Crippen molar-refractivity contribution >= 4 is 11.8 Å². The van der Waals surface area contributed by atoms with Crippen LogP contribution in [0.4, 0.5) is 4.79 Å². The van der Waals surface area contributed by atoms with Gasteiger partial charge < -0.3 is 10.1 Å². The second-order valence-corrected chi connectivity index (χ2v) is 5.71. The molecule has 2 rings (SSSR count). The van der Waals surface area contributed by atoms with Crippen LogP contribution in [0.2, 0.25) is 0 Å². The van der Waals surface area contributed by atoms with Crippen LogP contribution in [0.5, 0.6) is 0 Å². The van der Waals surface area contributed by atoms with E-state index >= 15 is 0 Å². The zero-order valence-electron chi connectivity index (χ0n) is 13.9. The van der Waals surface area contributed by atoms with E-state index in [1.165, 1.54) is 11.1 Å². The third kappa shape index (κ3) is 3.75. The van der Waals surface area contributed by atoms with Gasteiger partial charge in [-0.2, -0.15) is 0 Å². The molecule has 0 radical (unpaired) electrons. The van der Waals surface area contributed by atoms with Crippen LogP contribution in [-0.2, 0) is 0 Å². The Labute approximate surface area is 132 Å². The standard InChI is InChI=1S/C18H24N2O2/c1-6-14-10-17(19-13(14)5)15-7-8-16(12(4)9-15)20-18(21)22-11(2)3/h8-10,22H,6-7H2,1-5H3,(H,20,21)/p-1. The highest BCUT2D eigenvalue weighted by Crippen LogP contribution is 2.31. The van der Waals surface area contributed by atoms with E-state index < -0.39 is 6.09 Å². The Kier molecular flexibility index (Phi) is 5.01. The van der Waals surface area contributed by atoms with E-state index in [1.54, 1.807) is 13.8 Å². The second kappa shape index (κ2) is 6.77. The lowest BCUT2D eigenvalue weighted by Gasteiger charge is -2.29. The van der Waals surface area contributed by atoms with Gasteiger partial charge in [-0.05, 0) is 43.9 Å².